The van der Waals surface area contributed by atoms with E-state index in [1.54, 1.807) is 16.7 Å². The molecule has 3 aromatic carbocycles. The molecule has 4 aromatic rings. The fourth-order valence-corrected chi connectivity index (χ4v) is 3.05. The highest BCUT2D eigenvalue weighted by atomic mass is 19.1. The number of non-ortho nitro benzene ring substituents is 1. The normalized spacial score (nSPS) is 11.3. The zero-order chi connectivity index (χ0) is 20.4. The van der Waals surface area contributed by atoms with Crippen molar-refractivity contribution < 1.29 is 14.4 Å². The van der Waals surface area contributed by atoms with Gasteiger partial charge in [-0.05, 0) is 35.9 Å². The number of aromatic hydroxyl groups is 1. The van der Waals surface area contributed by atoms with E-state index in [1.165, 1.54) is 36.4 Å². The predicted molar refractivity (Wildman–Crippen MR) is 106 cm³/mol. The van der Waals surface area contributed by atoms with Crippen molar-refractivity contribution in [1.82, 2.24) is 4.57 Å². The topological polar surface area (TPSA) is 93.0 Å². The molecule has 0 spiro atoms. The summed E-state index contributed by atoms with van der Waals surface area (Å²) in [5.41, 5.74) is 2.25. The summed E-state index contributed by atoms with van der Waals surface area (Å²) in [6, 6.07) is 19.0. The second kappa shape index (κ2) is 7.51. The summed E-state index contributed by atoms with van der Waals surface area (Å²) in [4.78, 5) is 10.3. The van der Waals surface area contributed by atoms with Gasteiger partial charge in [-0.1, -0.05) is 30.3 Å². The van der Waals surface area contributed by atoms with Crippen LogP contribution in [0, 0.1) is 15.9 Å². The van der Waals surface area contributed by atoms with E-state index in [4.69, 9.17) is 0 Å². The van der Waals surface area contributed by atoms with Gasteiger partial charge in [0.05, 0.1) is 22.7 Å². The number of para-hydroxylation sites is 1. The number of nitrogens with zero attached hydrogens (tertiary/aromatic N) is 4. The Morgan fingerprint density at radius 2 is 1.66 bits per heavy atom. The Bertz CT molecular complexity index is 1220. The van der Waals surface area contributed by atoms with Crippen LogP contribution in [-0.2, 0) is 6.54 Å². The Kier molecular flexibility index (Phi) is 4.74. The maximum absolute atomic E-state index is 13.2. The second-order valence-corrected chi connectivity index (χ2v) is 6.38. The fourth-order valence-electron chi connectivity index (χ4n) is 3.05. The van der Waals surface area contributed by atoms with Crippen molar-refractivity contribution in [3.8, 4) is 5.88 Å². The van der Waals surface area contributed by atoms with E-state index in [1.807, 2.05) is 24.3 Å². The first-order chi connectivity index (χ1) is 14.0. The first-order valence-corrected chi connectivity index (χ1v) is 8.74. The van der Waals surface area contributed by atoms with Crippen LogP contribution in [0.3, 0.4) is 0 Å². The summed E-state index contributed by atoms with van der Waals surface area (Å²) in [6.45, 7) is 0.333. The molecule has 0 aliphatic heterocycles. The number of nitro groups is 1. The quantitative estimate of drug-likeness (QED) is 0.263. The highest BCUT2D eigenvalue weighted by Gasteiger charge is 2.16. The van der Waals surface area contributed by atoms with E-state index in [9.17, 15) is 19.6 Å². The van der Waals surface area contributed by atoms with Crippen molar-refractivity contribution in [2.75, 3.05) is 0 Å². The third-order valence-corrected chi connectivity index (χ3v) is 4.50. The van der Waals surface area contributed by atoms with Crippen molar-refractivity contribution in [3.63, 3.8) is 0 Å². The van der Waals surface area contributed by atoms with Gasteiger partial charge in [-0.25, -0.2) is 4.39 Å². The Hall–Kier alpha value is -4.07. The number of fused-ring (bicyclic) bond motifs is 1. The molecule has 0 saturated heterocycles. The highest BCUT2D eigenvalue weighted by molar-refractivity contribution is 5.95. The number of rotatable bonds is 5. The minimum Gasteiger partial charge on any atom is -0.493 e. The third-order valence-electron chi connectivity index (χ3n) is 4.50. The minimum absolute atomic E-state index is 0.0392. The summed E-state index contributed by atoms with van der Waals surface area (Å²) in [5.74, 6) is -0.394. The van der Waals surface area contributed by atoms with Gasteiger partial charge in [-0.15, -0.1) is 5.11 Å². The Morgan fingerprint density at radius 3 is 2.34 bits per heavy atom. The highest BCUT2D eigenvalue weighted by Crippen LogP contribution is 2.39. The molecule has 0 saturated carbocycles. The summed E-state index contributed by atoms with van der Waals surface area (Å²) >= 11 is 0. The summed E-state index contributed by atoms with van der Waals surface area (Å²) in [5, 5.41) is 30.5. The lowest BCUT2D eigenvalue weighted by molar-refractivity contribution is -0.384. The fraction of sp³-hybridized carbons (Fsp3) is 0.0476. The van der Waals surface area contributed by atoms with E-state index in [0.717, 1.165) is 11.1 Å². The van der Waals surface area contributed by atoms with Crippen LogP contribution >= 0.6 is 0 Å². The summed E-state index contributed by atoms with van der Waals surface area (Å²) < 4.78 is 14.8. The van der Waals surface area contributed by atoms with Crippen LogP contribution < -0.4 is 0 Å². The number of halogens is 1. The average Bonchev–Trinajstić information content (AvgIpc) is 2.99. The molecule has 0 fully saturated rings. The minimum atomic E-state index is -0.490. The number of aromatic nitrogens is 1. The number of nitro benzene ring substituents is 1. The van der Waals surface area contributed by atoms with E-state index in [-0.39, 0.29) is 17.4 Å². The van der Waals surface area contributed by atoms with Crippen molar-refractivity contribution in [1.29, 1.82) is 0 Å². The Balaban J connectivity index is 1.72. The number of hydrogen-bond acceptors (Lipinski definition) is 5. The van der Waals surface area contributed by atoms with Gasteiger partial charge >= 0.3 is 0 Å². The van der Waals surface area contributed by atoms with Gasteiger partial charge in [0.25, 0.3) is 5.69 Å². The monoisotopic (exact) mass is 390 g/mol. The molecule has 1 N–H and O–H groups in total. The van der Waals surface area contributed by atoms with Crippen LogP contribution in [0.15, 0.2) is 83.0 Å². The molecule has 4 rings (SSSR count). The van der Waals surface area contributed by atoms with Crippen LogP contribution in [0.4, 0.5) is 21.5 Å². The second-order valence-electron chi connectivity index (χ2n) is 6.38. The molecule has 0 aliphatic rings. The maximum Gasteiger partial charge on any atom is 0.269 e. The van der Waals surface area contributed by atoms with Crippen LogP contribution in [0.2, 0.25) is 0 Å². The van der Waals surface area contributed by atoms with E-state index >= 15 is 0 Å². The molecule has 0 radical (unpaired) electrons. The van der Waals surface area contributed by atoms with Crippen molar-refractivity contribution >= 4 is 28.0 Å². The zero-order valence-electron chi connectivity index (χ0n) is 15.1. The van der Waals surface area contributed by atoms with Crippen LogP contribution in [0.25, 0.3) is 10.9 Å². The molecule has 8 heteroatoms. The molecule has 1 aromatic heterocycles. The van der Waals surface area contributed by atoms with Crippen LogP contribution in [-0.4, -0.2) is 14.6 Å². The SMILES string of the molecule is O=[N+]([O-])c1ccc(N=Nc2c(O)n(Cc3ccc(F)cc3)c3ccccc23)cc1. The summed E-state index contributed by atoms with van der Waals surface area (Å²) in [7, 11) is 0. The number of azo groups is 1. The largest absolute Gasteiger partial charge is 0.493 e. The lowest BCUT2D eigenvalue weighted by Gasteiger charge is -2.07. The Labute approximate surface area is 164 Å². The molecule has 0 aliphatic carbocycles. The number of hydrogen-bond donors (Lipinski definition) is 1. The van der Waals surface area contributed by atoms with Crippen molar-refractivity contribution in [2.24, 2.45) is 10.2 Å². The van der Waals surface area contributed by atoms with Crippen molar-refractivity contribution in [3.05, 3.63) is 94.3 Å². The standard InChI is InChI=1S/C21H15FN4O3/c22-15-7-5-14(6-8-15)13-25-19-4-2-1-3-18(19)20(21(25)27)24-23-16-9-11-17(12-10-16)26(28)29/h1-12,27H,13H2. The van der Waals surface area contributed by atoms with Crippen molar-refractivity contribution in [2.45, 2.75) is 6.54 Å². The smallest absolute Gasteiger partial charge is 0.269 e. The first-order valence-electron chi connectivity index (χ1n) is 8.74. The third kappa shape index (κ3) is 3.68. The van der Waals surface area contributed by atoms with Gasteiger partial charge in [0.15, 0.2) is 5.69 Å². The van der Waals surface area contributed by atoms with Gasteiger partial charge in [0.2, 0.25) is 5.88 Å². The lowest BCUT2D eigenvalue weighted by Crippen LogP contribution is -1.98. The number of benzene rings is 3. The maximum atomic E-state index is 13.2. The molecule has 0 amide bonds. The van der Waals surface area contributed by atoms with E-state index in [0.29, 0.717) is 23.3 Å². The zero-order valence-corrected chi connectivity index (χ0v) is 15.1. The van der Waals surface area contributed by atoms with E-state index < -0.39 is 4.92 Å². The van der Waals surface area contributed by atoms with Gasteiger partial charge in [0, 0.05) is 17.5 Å². The molecule has 0 unspecified atom stereocenters. The van der Waals surface area contributed by atoms with Crippen LogP contribution in [0.1, 0.15) is 5.56 Å². The van der Waals surface area contributed by atoms with Gasteiger partial charge in [-0.3, -0.25) is 10.1 Å². The molecule has 0 atom stereocenters. The molecule has 1 heterocycles. The lowest BCUT2D eigenvalue weighted by atomic mass is 10.2. The predicted octanol–water partition coefficient (Wildman–Crippen LogP) is 5.86. The molecule has 0 bridgehead atoms. The summed E-state index contributed by atoms with van der Waals surface area (Å²) in [6.07, 6.45) is 0. The molecular formula is C21H15FN4O3. The first kappa shape index (κ1) is 18.3. The molecular weight excluding hydrogens is 375 g/mol. The van der Waals surface area contributed by atoms with Gasteiger partial charge < -0.3 is 9.67 Å². The molecule has 7 nitrogen and oxygen atoms in total. The van der Waals surface area contributed by atoms with E-state index in [2.05, 4.69) is 10.2 Å². The van der Waals surface area contributed by atoms with Gasteiger partial charge in [-0.2, -0.15) is 5.11 Å². The van der Waals surface area contributed by atoms with Gasteiger partial charge in [0.1, 0.15) is 5.82 Å². The average molecular weight is 390 g/mol. The molecule has 29 heavy (non-hydrogen) atoms. The Morgan fingerprint density at radius 1 is 0.966 bits per heavy atom. The molecule has 144 valence electrons. The van der Waals surface area contributed by atoms with Crippen LogP contribution in [0.5, 0.6) is 5.88 Å².